The summed E-state index contributed by atoms with van der Waals surface area (Å²) in [6.07, 6.45) is 3.68. The Balaban J connectivity index is 1.49. The van der Waals surface area contributed by atoms with Gasteiger partial charge in [-0.15, -0.1) is 11.3 Å². The topological polar surface area (TPSA) is 76.5 Å². The highest BCUT2D eigenvalue weighted by Crippen LogP contribution is 2.48. The van der Waals surface area contributed by atoms with Crippen LogP contribution in [0, 0.1) is 0 Å². The molecule has 6 nitrogen and oxygen atoms in total. The number of halogens is 3. The summed E-state index contributed by atoms with van der Waals surface area (Å²) in [4.78, 5) is 24.6. The highest BCUT2D eigenvalue weighted by atomic mass is 35.5. The molecule has 10 heteroatoms. The predicted molar refractivity (Wildman–Crippen MR) is 102 cm³/mol. The van der Waals surface area contributed by atoms with Gasteiger partial charge < -0.3 is 4.98 Å². The molecule has 0 saturated heterocycles. The Morgan fingerprint density at radius 1 is 1.18 bits per heavy atom. The lowest BCUT2D eigenvalue weighted by atomic mass is 9.71. The number of aromatic amines is 1. The Morgan fingerprint density at radius 2 is 1.93 bits per heavy atom. The number of hydrogen-bond acceptors (Lipinski definition) is 5. The summed E-state index contributed by atoms with van der Waals surface area (Å²) in [7, 11) is 0. The van der Waals surface area contributed by atoms with Crippen molar-refractivity contribution in [3.63, 3.8) is 0 Å². The maximum absolute atomic E-state index is 13.5. The molecule has 28 heavy (non-hydrogen) atoms. The van der Waals surface area contributed by atoms with Crippen LogP contribution in [0.2, 0.25) is 4.47 Å². The van der Waals surface area contributed by atoms with Crippen LogP contribution in [0.5, 0.6) is 0 Å². The maximum Gasteiger partial charge on any atom is 0.262 e. The molecule has 1 unspecified atom stereocenters. The van der Waals surface area contributed by atoms with Gasteiger partial charge in [0.1, 0.15) is 11.2 Å². The number of nitrogens with zero attached hydrogens (tertiary/aromatic N) is 4. The fourth-order valence-corrected chi connectivity index (χ4v) is 5.12. The van der Waals surface area contributed by atoms with E-state index >= 15 is 0 Å². The van der Waals surface area contributed by atoms with E-state index in [0.717, 1.165) is 18.5 Å². The average molecular weight is 426 g/mol. The molecule has 0 bridgehead atoms. The third-order valence-electron chi connectivity index (χ3n) is 6.01. The normalized spacial score (nSPS) is 25.1. The summed E-state index contributed by atoms with van der Waals surface area (Å²) in [6.45, 7) is 0. The number of fused-ring (bicyclic) bond motifs is 1. The Bertz CT molecular complexity index is 1080. The van der Waals surface area contributed by atoms with Gasteiger partial charge in [-0.2, -0.15) is 5.10 Å². The minimum absolute atomic E-state index is 0.0642. The van der Waals surface area contributed by atoms with Crippen LogP contribution in [0.25, 0.3) is 11.0 Å². The molecule has 2 aliphatic rings. The molecule has 2 saturated carbocycles. The van der Waals surface area contributed by atoms with Crippen molar-refractivity contribution >= 4 is 34.0 Å². The fourth-order valence-electron chi connectivity index (χ4n) is 4.28. The van der Waals surface area contributed by atoms with Crippen LogP contribution in [0.1, 0.15) is 67.9 Å². The van der Waals surface area contributed by atoms with E-state index < -0.39 is 5.92 Å². The van der Waals surface area contributed by atoms with E-state index in [9.17, 15) is 13.6 Å². The fraction of sp³-hybridized carbons (Fsp3) is 0.556. The van der Waals surface area contributed by atoms with Crippen LogP contribution in [0.15, 0.2) is 16.4 Å². The third kappa shape index (κ3) is 3.04. The number of alkyl halides is 2. The highest BCUT2D eigenvalue weighted by Gasteiger charge is 2.38. The van der Waals surface area contributed by atoms with E-state index in [1.807, 2.05) is 5.38 Å². The molecule has 5 rings (SSSR count). The first kappa shape index (κ1) is 18.2. The van der Waals surface area contributed by atoms with Crippen LogP contribution >= 0.6 is 22.9 Å². The van der Waals surface area contributed by atoms with Crippen molar-refractivity contribution in [2.75, 3.05) is 0 Å². The molecule has 0 amide bonds. The Labute approximate surface area is 168 Å². The SMILES string of the molecule is O=c1[nH]c(C2CC[C@H]2c2csc(Cl)n2)nc2c1cnn2C1CCC(F)(F)CC1. The van der Waals surface area contributed by atoms with Crippen LogP contribution in [-0.2, 0) is 0 Å². The molecule has 2 atom stereocenters. The van der Waals surface area contributed by atoms with Crippen LogP contribution in [-0.4, -0.2) is 30.7 Å². The quantitative estimate of drug-likeness (QED) is 0.663. The summed E-state index contributed by atoms with van der Waals surface area (Å²) in [5.41, 5.74) is 1.17. The van der Waals surface area contributed by atoms with Gasteiger partial charge in [-0.05, 0) is 25.7 Å². The van der Waals surface area contributed by atoms with Gasteiger partial charge in [0, 0.05) is 30.1 Å². The number of aromatic nitrogens is 5. The molecule has 2 aliphatic carbocycles. The predicted octanol–water partition coefficient (Wildman–Crippen LogP) is 4.64. The summed E-state index contributed by atoms with van der Waals surface area (Å²) < 4.78 is 29.2. The van der Waals surface area contributed by atoms with E-state index in [-0.39, 0.29) is 36.3 Å². The molecule has 0 spiro atoms. The van der Waals surface area contributed by atoms with Gasteiger partial charge >= 0.3 is 0 Å². The molecular weight excluding hydrogens is 408 g/mol. The Morgan fingerprint density at radius 3 is 2.57 bits per heavy atom. The third-order valence-corrected chi connectivity index (χ3v) is 7.01. The Hall–Kier alpha value is -1.87. The summed E-state index contributed by atoms with van der Waals surface area (Å²) in [5.74, 6) is -1.76. The monoisotopic (exact) mass is 425 g/mol. The maximum atomic E-state index is 13.5. The smallest absolute Gasteiger partial charge is 0.262 e. The lowest BCUT2D eigenvalue weighted by Crippen LogP contribution is -2.28. The lowest BCUT2D eigenvalue weighted by molar-refractivity contribution is -0.0446. The molecule has 0 radical (unpaired) electrons. The minimum atomic E-state index is -2.61. The Kier molecular flexibility index (Phi) is 4.28. The van der Waals surface area contributed by atoms with Crippen molar-refractivity contribution in [1.82, 2.24) is 24.7 Å². The van der Waals surface area contributed by atoms with Crippen molar-refractivity contribution in [2.45, 2.75) is 62.3 Å². The van der Waals surface area contributed by atoms with Gasteiger partial charge in [0.15, 0.2) is 10.1 Å². The zero-order valence-electron chi connectivity index (χ0n) is 14.9. The number of rotatable bonds is 3. The summed E-state index contributed by atoms with van der Waals surface area (Å²) in [5, 5.41) is 6.66. The van der Waals surface area contributed by atoms with E-state index in [2.05, 4.69) is 15.1 Å². The van der Waals surface area contributed by atoms with Gasteiger partial charge in [-0.3, -0.25) is 4.79 Å². The number of hydrogen-bond donors (Lipinski definition) is 1. The first-order valence-electron chi connectivity index (χ1n) is 9.37. The zero-order chi connectivity index (χ0) is 19.5. The van der Waals surface area contributed by atoms with Crippen molar-refractivity contribution in [1.29, 1.82) is 0 Å². The lowest BCUT2D eigenvalue weighted by Gasteiger charge is -2.34. The summed E-state index contributed by atoms with van der Waals surface area (Å²) in [6, 6.07) is -0.159. The van der Waals surface area contributed by atoms with E-state index in [1.165, 1.54) is 17.5 Å². The van der Waals surface area contributed by atoms with Crippen LogP contribution in [0.4, 0.5) is 8.78 Å². The van der Waals surface area contributed by atoms with Gasteiger partial charge in [0.2, 0.25) is 5.92 Å². The van der Waals surface area contributed by atoms with Crippen LogP contribution in [0.3, 0.4) is 0 Å². The second kappa shape index (κ2) is 6.59. The first-order valence-corrected chi connectivity index (χ1v) is 10.6. The number of nitrogens with one attached hydrogen (secondary N) is 1. The first-order chi connectivity index (χ1) is 13.4. The van der Waals surface area contributed by atoms with Crippen molar-refractivity contribution in [3.05, 3.63) is 37.9 Å². The minimum Gasteiger partial charge on any atom is -0.310 e. The number of thiazole rings is 1. The van der Waals surface area contributed by atoms with Gasteiger partial charge in [0.05, 0.1) is 17.9 Å². The summed E-state index contributed by atoms with van der Waals surface area (Å²) >= 11 is 7.36. The molecule has 0 aromatic carbocycles. The van der Waals surface area contributed by atoms with Crippen LogP contribution < -0.4 is 5.56 Å². The molecule has 148 valence electrons. The zero-order valence-corrected chi connectivity index (χ0v) is 16.4. The molecule has 3 aromatic rings. The van der Waals surface area contributed by atoms with E-state index in [0.29, 0.717) is 34.2 Å². The average Bonchev–Trinajstić information content (AvgIpc) is 3.21. The van der Waals surface area contributed by atoms with Crippen molar-refractivity contribution in [2.24, 2.45) is 0 Å². The van der Waals surface area contributed by atoms with Crippen molar-refractivity contribution < 1.29 is 8.78 Å². The largest absolute Gasteiger partial charge is 0.310 e. The van der Waals surface area contributed by atoms with Gasteiger partial charge in [-0.1, -0.05) is 11.6 Å². The molecular formula is C18H18ClF2N5OS. The number of H-pyrrole nitrogens is 1. The van der Waals surface area contributed by atoms with Crippen molar-refractivity contribution in [3.8, 4) is 0 Å². The second-order valence-electron chi connectivity index (χ2n) is 7.68. The van der Waals surface area contributed by atoms with E-state index in [4.69, 9.17) is 16.6 Å². The van der Waals surface area contributed by atoms with Gasteiger partial charge in [0.25, 0.3) is 5.56 Å². The van der Waals surface area contributed by atoms with Gasteiger partial charge in [-0.25, -0.2) is 23.4 Å². The molecule has 0 aliphatic heterocycles. The second-order valence-corrected chi connectivity index (χ2v) is 9.12. The molecule has 3 heterocycles. The molecule has 1 N–H and O–H groups in total. The highest BCUT2D eigenvalue weighted by molar-refractivity contribution is 7.13. The van der Waals surface area contributed by atoms with E-state index in [1.54, 1.807) is 4.68 Å². The molecule has 3 aromatic heterocycles. The standard InChI is InChI=1S/C18H18ClF2N5OS/c19-17-23-13(8-28-17)10-1-2-11(10)14-24-15-12(16(27)25-14)7-22-26(15)9-3-5-18(20,21)6-4-9/h7-11H,1-6H2,(H,24,25,27)/t10-,11?/m1/s1. The molecule has 2 fully saturated rings.